The van der Waals surface area contributed by atoms with Crippen LogP contribution in [0.4, 0.5) is 0 Å². The van der Waals surface area contributed by atoms with Crippen molar-refractivity contribution in [2.24, 2.45) is 5.41 Å². The molecule has 0 aromatic carbocycles. The molecule has 2 nitrogen and oxygen atoms in total. The average Bonchev–Trinajstić information content (AvgIpc) is 2.14. The zero-order valence-electron chi connectivity index (χ0n) is 10.3. The van der Waals surface area contributed by atoms with Crippen LogP contribution in [0.15, 0.2) is 24.5 Å². The Morgan fingerprint density at radius 3 is 2.40 bits per heavy atom. The fourth-order valence-electron chi connectivity index (χ4n) is 1.59. The van der Waals surface area contributed by atoms with Crippen molar-refractivity contribution in [1.29, 1.82) is 0 Å². The second-order valence-corrected chi connectivity index (χ2v) is 7.59. The molecule has 0 aliphatic heterocycles. The van der Waals surface area contributed by atoms with Gasteiger partial charge in [0.2, 0.25) is 0 Å². The summed E-state index contributed by atoms with van der Waals surface area (Å²) in [6.45, 7) is 11.0. The first kappa shape index (κ1) is 12.4. The van der Waals surface area contributed by atoms with Gasteiger partial charge in [-0.25, -0.2) is 0 Å². The molecule has 84 valence electrons. The summed E-state index contributed by atoms with van der Waals surface area (Å²) < 4.78 is 6.10. The number of rotatable bonds is 3. The Bertz CT molecular complexity index is 292. The van der Waals surface area contributed by atoms with Crippen molar-refractivity contribution in [1.82, 2.24) is 4.98 Å². The number of pyridine rings is 1. The summed E-state index contributed by atoms with van der Waals surface area (Å²) in [5.74, 6) is 0. The van der Waals surface area contributed by atoms with E-state index in [1.807, 2.05) is 12.3 Å². The van der Waals surface area contributed by atoms with Crippen LogP contribution in [0.2, 0.25) is 13.1 Å². The first-order chi connectivity index (χ1) is 6.91. The van der Waals surface area contributed by atoms with Gasteiger partial charge in [0, 0.05) is 12.4 Å². The average molecular weight is 223 g/mol. The van der Waals surface area contributed by atoms with E-state index in [4.69, 9.17) is 4.43 Å². The Balaban J connectivity index is 2.92. The van der Waals surface area contributed by atoms with Crippen molar-refractivity contribution in [2.45, 2.75) is 40.0 Å². The molecule has 0 amide bonds. The molecule has 0 fully saturated rings. The van der Waals surface area contributed by atoms with Crippen LogP contribution in [0, 0.1) is 5.41 Å². The van der Waals surface area contributed by atoms with Crippen LogP contribution in [0.3, 0.4) is 0 Å². The lowest BCUT2D eigenvalue weighted by Crippen LogP contribution is -2.25. The molecule has 0 N–H and O–H groups in total. The van der Waals surface area contributed by atoms with Gasteiger partial charge >= 0.3 is 0 Å². The van der Waals surface area contributed by atoms with Crippen molar-refractivity contribution in [2.75, 3.05) is 0 Å². The van der Waals surface area contributed by atoms with E-state index in [0.717, 1.165) is 0 Å². The maximum Gasteiger partial charge on any atom is 0.171 e. The summed E-state index contributed by atoms with van der Waals surface area (Å²) >= 11 is 0. The Morgan fingerprint density at radius 2 is 2.00 bits per heavy atom. The molecular formula is C12H21NOSi. The van der Waals surface area contributed by atoms with Gasteiger partial charge in [-0.05, 0) is 30.1 Å². The van der Waals surface area contributed by atoms with Gasteiger partial charge in [0.1, 0.15) is 0 Å². The molecule has 1 aromatic rings. The van der Waals surface area contributed by atoms with E-state index < -0.39 is 9.04 Å². The quantitative estimate of drug-likeness (QED) is 0.734. The molecule has 3 heteroatoms. The largest absolute Gasteiger partial charge is 0.413 e. The number of nitrogens with zero attached hydrogens (tertiary/aromatic N) is 1. The fraction of sp³-hybridized carbons (Fsp3) is 0.583. The molecule has 0 saturated heterocycles. The lowest BCUT2D eigenvalue weighted by Gasteiger charge is -2.32. The Kier molecular flexibility index (Phi) is 4.05. The number of aromatic nitrogens is 1. The van der Waals surface area contributed by atoms with Crippen molar-refractivity contribution in [3.05, 3.63) is 30.1 Å². The van der Waals surface area contributed by atoms with Gasteiger partial charge in [0.05, 0.1) is 6.10 Å². The minimum absolute atomic E-state index is 0.125. The third-order valence-corrected chi connectivity index (χ3v) is 3.00. The predicted octanol–water partition coefficient (Wildman–Crippen LogP) is 3.17. The topological polar surface area (TPSA) is 22.1 Å². The zero-order valence-corrected chi connectivity index (χ0v) is 11.5. The number of hydrogen-bond acceptors (Lipinski definition) is 2. The van der Waals surface area contributed by atoms with Crippen molar-refractivity contribution in [3.8, 4) is 0 Å². The SMILES string of the molecule is C[SiH](C)OC(c1cccnc1)C(C)(C)C. The third-order valence-electron chi connectivity index (χ3n) is 2.18. The molecule has 1 rings (SSSR count). The van der Waals surface area contributed by atoms with E-state index in [0.29, 0.717) is 0 Å². The molecule has 0 saturated carbocycles. The molecule has 0 aliphatic rings. The Hall–Kier alpha value is -0.673. The third kappa shape index (κ3) is 3.76. The van der Waals surface area contributed by atoms with E-state index in [9.17, 15) is 0 Å². The number of hydrogen-bond donors (Lipinski definition) is 0. The molecular weight excluding hydrogens is 202 g/mol. The van der Waals surface area contributed by atoms with Crippen molar-refractivity contribution >= 4 is 9.04 Å². The van der Waals surface area contributed by atoms with E-state index in [-0.39, 0.29) is 11.5 Å². The molecule has 1 heterocycles. The summed E-state index contributed by atoms with van der Waals surface area (Å²) in [5, 5.41) is 0. The summed E-state index contributed by atoms with van der Waals surface area (Å²) in [6, 6.07) is 4.07. The van der Waals surface area contributed by atoms with Crippen molar-refractivity contribution in [3.63, 3.8) is 0 Å². The van der Waals surface area contributed by atoms with Crippen LogP contribution in [-0.2, 0) is 4.43 Å². The van der Waals surface area contributed by atoms with Crippen LogP contribution >= 0.6 is 0 Å². The molecule has 1 aromatic heterocycles. The molecule has 0 spiro atoms. The molecule has 1 atom stereocenters. The molecule has 0 radical (unpaired) electrons. The smallest absolute Gasteiger partial charge is 0.171 e. The highest BCUT2D eigenvalue weighted by Gasteiger charge is 2.27. The Morgan fingerprint density at radius 1 is 1.33 bits per heavy atom. The van der Waals surface area contributed by atoms with E-state index >= 15 is 0 Å². The zero-order chi connectivity index (χ0) is 11.5. The highest BCUT2D eigenvalue weighted by Crippen LogP contribution is 2.35. The maximum atomic E-state index is 6.10. The Labute approximate surface area is 94.4 Å². The van der Waals surface area contributed by atoms with Gasteiger partial charge in [-0.1, -0.05) is 26.8 Å². The van der Waals surface area contributed by atoms with Gasteiger partial charge in [0.15, 0.2) is 9.04 Å². The van der Waals surface area contributed by atoms with E-state index in [2.05, 4.69) is 44.9 Å². The highest BCUT2D eigenvalue weighted by molar-refractivity contribution is 6.48. The van der Waals surface area contributed by atoms with Gasteiger partial charge in [-0.3, -0.25) is 4.98 Å². The van der Waals surface area contributed by atoms with Crippen molar-refractivity contribution < 1.29 is 4.43 Å². The molecule has 15 heavy (non-hydrogen) atoms. The summed E-state index contributed by atoms with van der Waals surface area (Å²) in [7, 11) is -1.03. The van der Waals surface area contributed by atoms with Crippen LogP contribution in [0.5, 0.6) is 0 Å². The lowest BCUT2D eigenvalue weighted by atomic mass is 9.85. The van der Waals surface area contributed by atoms with Crippen LogP contribution < -0.4 is 0 Å². The van der Waals surface area contributed by atoms with Gasteiger partial charge in [-0.15, -0.1) is 0 Å². The predicted molar refractivity (Wildman–Crippen MR) is 66.4 cm³/mol. The van der Waals surface area contributed by atoms with Gasteiger partial charge < -0.3 is 4.43 Å². The van der Waals surface area contributed by atoms with Crippen LogP contribution in [0.25, 0.3) is 0 Å². The van der Waals surface area contributed by atoms with Gasteiger partial charge in [-0.2, -0.15) is 0 Å². The molecule has 0 aliphatic carbocycles. The monoisotopic (exact) mass is 223 g/mol. The van der Waals surface area contributed by atoms with E-state index in [1.54, 1.807) is 6.20 Å². The first-order valence-electron chi connectivity index (χ1n) is 5.46. The van der Waals surface area contributed by atoms with E-state index in [1.165, 1.54) is 5.56 Å². The molecule has 0 bridgehead atoms. The minimum atomic E-state index is -1.03. The van der Waals surface area contributed by atoms with Crippen LogP contribution in [0.1, 0.15) is 32.4 Å². The second-order valence-electron chi connectivity index (χ2n) is 5.22. The van der Waals surface area contributed by atoms with Crippen LogP contribution in [-0.4, -0.2) is 14.0 Å². The summed E-state index contributed by atoms with van der Waals surface area (Å²) in [5.41, 5.74) is 1.31. The van der Waals surface area contributed by atoms with Gasteiger partial charge in [0.25, 0.3) is 0 Å². The summed E-state index contributed by atoms with van der Waals surface area (Å²) in [6.07, 6.45) is 3.88. The lowest BCUT2D eigenvalue weighted by molar-refractivity contribution is 0.0863. The second kappa shape index (κ2) is 4.90. The summed E-state index contributed by atoms with van der Waals surface area (Å²) in [4.78, 5) is 4.16. The minimum Gasteiger partial charge on any atom is -0.413 e. The highest BCUT2D eigenvalue weighted by atomic mass is 28.3. The normalized spacial score (nSPS) is 14.3. The first-order valence-corrected chi connectivity index (χ1v) is 8.24. The maximum absolute atomic E-state index is 6.10. The molecule has 1 unspecified atom stereocenters. The fourth-order valence-corrected chi connectivity index (χ4v) is 2.70. The standard InChI is InChI=1S/C12H21NOSi/c1-12(2,3)11(14-15(4)5)10-7-6-8-13-9-10/h6-9,11,15H,1-5H3.